The predicted molar refractivity (Wildman–Crippen MR) is 48.0 cm³/mol. The van der Waals surface area contributed by atoms with Gasteiger partial charge in [-0.15, -0.1) is 0 Å². The fourth-order valence-electron chi connectivity index (χ4n) is 0.953. The Balaban J connectivity index is 3.98. The Kier molecular flexibility index (Phi) is 5.00. The highest BCUT2D eigenvalue weighted by Crippen LogP contribution is 2.13. The topological polar surface area (TPSA) is 0 Å². The van der Waals surface area contributed by atoms with Gasteiger partial charge < -0.3 is 0 Å². The van der Waals surface area contributed by atoms with Gasteiger partial charge in [0.05, 0.1) is 0 Å². The Morgan fingerprint density at radius 2 is 1.30 bits per heavy atom. The van der Waals surface area contributed by atoms with E-state index in [2.05, 4.69) is 52.0 Å². The Bertz CT molecular complexity index is 106. The van der Waals surface area contributed by atoms with E-state index in [0.29, 0.717) is 11.8 Å². The molecule has 0 saturated carbocycles. The van der Waals surface area contributed by atoms with Gasteiger partial charge in [-0.05, 0) is 25.7 Å². The molecule has 0 fully saturated rings. The number of hydrogen-bond acceptors (Lipinski definition) is 0. The summed E-state index contributed by atoms with van der Waals surface area (Å²) in [5, 5.41) is 0. The summed E-state index contributed by atoms with van der Waals surface area (Å²) in [6.45, 7) is 8.62. The van der Waals surface area contributed by atoms with Crippen LogP contribution in [0.2, 0.25) is 0 Å². The molecule has 10 heavy (non-hydrogen) atoms. The van der Waals surface area contributed by atoms with Gasteiger partial charge in [0, 0.05) is 0 Å². The molecule has 0 bridgehead atoms. The van der Waals surface area contributed by atoms with Crippen molar-refractivity contribution >= 4 is 0 Å². The van der Waals surface area contributed by atoms with E-state index in [1.165, 1.54) is 0 Å². The van der Waals surface area contributed by atoms with Crippen molar-refractivity contribution in [2.75, 3.05) is 0 Å². The van der Waals surface area contributed by atoms with Crippen LogP contribution in [0.4, 0.5) is 0 Å². The average molecular weight is 138 g/mol. The molecule has 0 spiro atoms. The van der Waals surface area contributed by atoms with E-state index < -0.39 is 0 Å². The molecule has 0 unspecified atom stereocenters. The zero-order valence-corrected chi connectivity index (χ0v) is 7.46. The molecule has 58 valence electrons. The zero-order valence-electron chi connectivity index (χ0n) is 7.46. The quantitative estimate of drug-likeness (QED) is 0.524. The van der Waals surface area contributed by atoms with E-state index in [9.17, 15) is 0 Å². The van der Waals surface area contributed by atoms with Gasteiger partial charge in [0.1, 0.15) is 0 Å². The smallest absolute Gasteiger partial charge is 0.00307 e. The van der Waals surface area contributed by atoms with E-state index in [1.54, 1.807) is 0 Å². The van der Waals surface area contributed by atoms with Crippen LogP contribution in [0.25, 0.3) is 0 Å². The standard InChI is InChI=1S/C10H18/c1-5-7-10(8-6-2)9(3)4/h5-10H,1-4H3/b7-5+,8-6+. The van der Waals surface area contributed by atoms with E-state index in [0.717, 1.165) is 0 Å². The number of allylic oxidation sites excluding steroid dienone is 4. The molecule has 0 nitrogen and oxygen atoms in total. The van der Waals surface area contributed by atoms with Gasteiger partial charge in [0.15, 0.2) is 0 Å². The lowest BCUT2D eigenvalue weighted by atomic mass is 9.95. The van der Waals surface area contributed by atoms with Crippen LogP contribution in [0.1, 0.15) is 27.7 Å². The van der Waals surface area contributed by atoms with Crippen molar-refractivity contribution in [1.29, 1.82) is 0 Å². The first-order chi connectivity index (χ1) is 4.72. The molecule has 0 radical (unpaired) electrons. The minimum absolute atomic E-state index is 0.620. The molecule has 0 rings (SSSR count). The first-order valence-electron chi connectivity index (χ1n) is 3.98. The highest BCUT2D eigenvalue weighted by Gasteiger charge is 2.03. The molecule has 0 aromatic heterocycles. The maximum Gasteiger partial charge on any atom is -0.00307 e. The minimum Gasteiger partial charge on any atom is -0.0911 e. The molecule has 0 aliphatic rings. The highest BCUT2D eigenvalue weighted by molar-refractivity contribution is 4.99. The lowest BCUT2D eigenvalue weighted by Crippen LogP contribution is -2.00. The predicted octanol–water partition coefficient (Wildman–Crippen LogP) is 3.41. The summed E-state index contributed by atoms with van der Waals surface area (Å²) in [5.74, 6) is 1.34. The maximum absolute atomic E-state index is 2.24. The van der Waals surface area contributed by atoms with Crippen LogP contribution in [0.5, 0.6) is 0 Å². The van der Waals surface area contributed by atoms with Crippen LogP contribution in [0, 0.1) is 11.8 Å². The lowest BCUT2D eigenvalue weighted by Gasteiger charge is -2.10. The Morgan fingerprint density at radius 3 is 1.50 bits per heavy atom. The molecule has 0 heterocycles. The lowest BCUT2D eigenvalue weighted by molar-refractivity contribution is 0.549. The normalized spacial score (nSPS) is 13.0. The molecule has 0 N–H and O–H groups in total. The van der Waals surface area contributed by atoms with Crippen LogP contribution >= 0.6 is 0 Å². The van der Waals surface area contributed by atoms with Gasteiger partial charge in [-0.2, -0.15) is 0 Å². The first-order valence-corrected chi connectivity index (χ1v) is 3.98. The molecule has 0 aliphatic heterocycles. The molecule has 0 saturated heterocycles. The molecule has 0 heteroatoms. The highest BCUT2D eigenvalue weighted by atomic mass is 14.1. The fraction of sp³-hybridized carbons (Fsp3) is 0.600. The summed E-state index contributed by atoms with van der Waals surface area (Å²) in [7, 11) is 0. The zero-order chi connectivity index (χ0) is 7.98. The third kappa shape index (κ3) is 3.49. The summed E-state index contributed by atoms with van der Waals surface area (Å²) >= 11 is 0. The van der Waals surface area contributed by atoms with Crippen LogP contribution in [-0.4, -0.2) is 0 Å². The second-order valence-electron chi connectivity index (χ2n) is 2.87. The van der Waals surface area contributed by atoms with Crippen molar-refractivity contribution in [2.45, 2.75) is 27.7 Å². The number of hydrogen-bond donors (Lipinski definition) is 0. The van der Waals surface area contributed by atoms with Gasteiger partial charge in [0.2, 0.25) is 0 Å². The Labute approximate surface area is 64.6 Å². The second kappa shape index (κ2) is 5.28. The van der Waals surface area contributed by atoms with Crippen LogP contribution in [0.15, 0.2) is 24.3 Å². The molecular weight excluding hydrogens is 120 g/mol. The van der Waals surface area contributed by atoms with Crippen molar-refractivity contribution in [1.82, 2.24) is 0 Å². The monoisotopic (exact) mass is 138 g/mol. The third-order valence-electron chi connectivity index (χ3n) is 1.60. The third-order valence-corrected chi connectivity index (χ3v) is 1.60. The largest absolute Gasteiger partial charge is 0.0911 e. The maximum atomic E-state index is 2.24. The molecule has 0 aromatic rings. The minimum atomic E-state index is 0.620. The van der Waals surface area contributed by atoms with E-state index in [-0.39, 0.29) is 0 Å². The van der Waals surface area contributed by atoms with Crippen LogP contribution in [-0.2, 0) is 0 Å². The van der Waals surface area contributed by atoms with Gasteiger partial charge >= 0.3 is 0 Å². The first kappa shape index (κ1) is 9.48. The Morgan fingerprint density at radius 1 is 0.900 bits per heavy atom. The van der Waals surface area contributed by atoms with Crippen molar-refractivity contribution in [3.8, 4) is 0 Å². The van der Waals surface area contributed by atoms with Crippen LogP contribution < -0.4 is 0 Å². The molecule has 0 aliphatic carbocycles. The summed E-state index contributed by atoms with van der Waals surface area (Å²) in [6.07, 6.45) is 8.71. The van der Waals surface area contributed by atoms with Crippen molar-refractivity contribution in [2.24, 2.45) is 11.8 Å². The summed E-state index contributed by atoms with van der Waals surface area (Å²) in [4.78, 5) is 0. The van der Waals surface area contributed by atoms with E-state index in [4.69, 9.17) is 0 Å². The van der Waals surface area contributed by atoms with E-state index in [1.807, 2.05) is 0 Å². The van der Waals surface area contributed by atoms with Crippen molar-refractivity contribution < 1.29 is 0 Å². The summed E-state index contributed by atoms with van der Waals surface area (Å²) in [6, 6.07) is 0. The summed E-state index contributed by atoms with van der Waals surface area (Å²) < 4.78 is 0. The van der Waals surface area contributed by atoms with Gasteiger partial charge in [-0.3, -0.25) is 0 Å². The summed E-state index contributed by atoms with van der Waals surface area (Å²) in [5.41, 5.74) is 0. The molecule has 0 aromatic carbocycles. The Hall–Kier alpha value is -0.520. The van der Waals surface area contributed by atoms with Crippen molar-refractivity contribution in [3.63, 3.8) is 0 Å². The fourth-order valence-corrected chi connectivity index (χ4v) is 0.953. The number of rotatable bonds is 3. The van der Waals surface area contributed by atoms with Crippen molar-refractivity contribution in [3.05, 3.63) is 24.3 Å². The van der Waals surface area contributed by atoms with Crippen LogP contribution in [0.3, 0.4) is 0 Å². The van der Waals surface area contributed by atoms with Gasteiger partial charge in [0.25, 0.3) is 0 Å². The van der Waals surface area contributed by atoms with E-state index >= 15 is 0 Å². The second-order valence-corrected chi connectivity index (χ2v) is 2.87. The van der Waals surface area contributed by atoms with Gasteiger partial charge in [-0.25, -0.2) is 0 Å². The SMILES string of the molecule is C/C=C/C(/C=C/C)C(C)C. The molecule has 0 atom stereocenters. The molecular formula is C10H18. The molecule has 0 amide bonds. The van der Waals surface area contributed by atoms with Gasteiger partial charge in [-0.1, -0.05) is 38.2 Å². The average Bonchev–Trinajstić information content (AvgIpc) is 1.87.